The van der Waals surface area contributed by atoms with Crippen LogP contribution in [-0.4, -0.2) is 35.6 Å². The lowest BCUT2D eigenvalue weighted by Crippen LogP contribution is -2.46. The number of aliphatic imine (C=N–C) groups is 1. The molecule has 0 radical (unpaired) electrons. The van der Waals surface area contributed by atoms with Crippen molar-refractivity contribution in [2.75, 3.05) is 24.6 Å². The second kappa shape index (κ2) is 6.64. The van der Waals surface area contributed by atoms with Crippen molar-refractivity contribution in [3.05, 3.63) is 65.9 Å². The third-order valence-electron chi connectivity index (χ3n) is 4.11. The number of carbonyl (C=O) groups is 1. The standard InChI is InChI=1S/C19H17N3O2S/c1-24-16-9-7-14(8-10-16)11-17-18(23)22-12-21(13-25-19(22)20-17)15-5-3-2-4-6-15/h2-11H,12-13H2,1H3. The highest BCUT2D eigenvalue weighted by atomic mass is 32.2. The van der Waals surface area contributed by atoms with E-state index in [4.69, 9.17) is 4.74 Å². The van der Waals surface area contributed by atoms with Crippen LogP contribution in [0, 0.1) is 0 Å². The Bertz CT molecular complexity index is 847. The van der Waals surface area contributed by atoms with Gasteiger partial charge in [0.15, 0.2) is 5.17 Å². The monoisotopic (exact) mass is 351 g/mol. The molecule has 2 heterocycles. The van der Waals surface area contributed by atoms with Crippen LogP contribution in [0.15, 0.2) is 65.3 Å². The minimum absolute atomic E-state index is 0.0565. The average molecular weight is 351 g/mol. The number of thioether (sulfide) groups is 1. The second-order valence-corrected chi connectivity index (χ2v) is 6.63. The Hall–Kier alpha value is -2.73. The van der Waals surface area contributed by atoms with Crippen molar-refractivity contribution in [3.63, 3.8) is 0 Å². The lowest BCUT2D eigenvalue weighted by Gasteiger charge is -2.34. The smallest absolute Gasteiger partial charge is 0.280 e. The van der Waals surface area contributed by atoms with E-state index in [2.05, 4.69) is 22.0 Å². The molecular weight excluding hydrogens is 334 g/mol. The van der Waals surface area contributed by atoms with Gasteiger partial charge in [-0.3, -0.25) is 9.69 Å². The molecule has 2 aliphatic heterocycles. The van der Waals surface area contributed by atoms with Crippen LogP contribution >= 0.6 is 11.8 Å². The molecule has 0 aliphatic carbocycles. The first-order chi connectivity index (χ1) is 12.2. The molecule has 4 rings (SSSR count). The zero-order chi connectivity index (χ0) is 17.2. The summed E-state index contributed by atoms with van der Waals surface area (Å²) in [5.74, 6) is 1.51. The van der Waals surface area contributed by atoms with E-state index in [1.807, 2.05) is 48.5 Å². The number of anilines is 1. The second-order valence-electron chi connectivity index (χ2n) is 5.72. The number of nitrogens with zero attached hydrogens (tertiary/aromatic N) is 3. The van der Waals surface area contributed by atoms with Crippen LogP contribution in [0.25, 0.3) is 6.08 Å². The molecule has 0 aromatic heterocycles. The van der Waals surface area contributed by atoms with Crippen molar-refractivity contribution in [3.8, 4) is 5.75 Å². The maximum absolute atomic E-state index is 12.7. The minimum atomic E-state index is -0.0565. The number of benzene rings is 2. The summed E-state index contributed by atoms with van der Waals surface area (Å²) in [6.07, 6.45) is 1.82. The summed E-state index contributed by atoms with van der Waals surface area (Å²) in [6.45, 7) is 0.522. The molecule has 0 bridgehead atoms. The van der Waals surface area contributed by atoms with Gasteiger partial charge in [0, 0.05) is 5.69 Å². The molecule has 2 aromatic carbocycles. The number of fused-ring (bicyclic) bond motifs is 1. The van der Waals surface area contributed by atoms with Gasteiger partial charge in [-0.05, 0) is 35.9 Å². The SMILES string of the molecule is COc1ccc(C=C2N=C3SCN(c4ccccc4)CN3C2=O)cc1. The summed E-state index contributed by atoms with van der Waals surface area (Å²) in [7, 11) is 1.63. The highest BCUT2D eigenvalue weighted by molar-refractivity contribution is 8.14. The van der Waals surface area contributed by atoms with E-state index in [1.165, 1.54) is 0 Å². The number of rotatable bonds is 3. The van der Waals surface area contributed by atoms with Gasteiger partial charge in [-0.15, -0.1) is 0 Å². The van der Waals surface area contributed by atoms with Crippen molar-refractivity contribution >= 4 is 34.6 Å². The Morgan fingerprint density at radius 3 is 2.60 bits per heavy atom. The molecule has 1 amide bonds. The number of hydrogen-bond donors (Lipinski definition) is 0. The highest BCUT2D eigenvalue weighted by Crippen LogP contribution is 2.30. The van der Waals surface area contributed by atoms with Gasteiger partial charge in [-0.25, -0.2) is 4.99 Å². The Labute approximate surface area is 150 Å². The summed E-state index contributed by atoms with van der Waals surface area (Å²) in [5.41, 5.74) is 2.51. The van der Waals surface area contributed by atoms with E-state index < -0.39 is 0 Å². The summed E-state index contributed by atoms with van der Waals surface area (Å²) < 4.78 is 5.16. The molecule has 6 heteroatoms. The Balaban J connectivity index is 1.54. The van der Waals surface area contributed by atoms with Crippen LogP contribution in [0.1, 0.15) is 5.56 Å². The number of methoxy groups -OCH3 is 1. The topological polar surface area (TPSA) is 45.1 Å². The predicted octanol–water partition coefficient (Wildman–Crippen LogP) is 3.40. The highest BCUT2D eigenvalue weighted by Gasteiger charge is 2.35. The molecule has 1 fully saturated rings. The van der Waals surface area contributed by atoms with Gasteiger partial charge in [-0.2, -0.15) is 0 Å². The van der Waals surface area contributed by atoms with Crippen LogP contribution in [0.3, 0.4) is 0 Å². The first-order valence-electron chi connectivity index (χ1n) is 7.94. The predicted molar refractivity (Wildman–Crippen MR) is 101 cm³/mol. The number of amidine groups is 1. The summed E-state index contributed by atoms with van der Waals surface area (Å²) >= 11 is 1.58. The van der Waals surface area contributed by atoms with E-state index in [9.17, 15) is 4.79 Å². The minimum Gasteiger partial charge on any atom is -0.497 e. The van der Waals surface area contributed by atoms with Crippen molar-refractivity contribution < 1.29 is 9.53 Å². The molecule has 1 saturated heterocycles. The van der Waals surface area contributed by atoms with Gasteiger partial charge in [0.25, 0.3) is 5.91 Å². The molecule has 2 aromatic rings. The fourth-order valence-corrected chi connectivity index (χ4v) is 3.73. The number of amides is 1. The molecule has 0 spiro atoms. The zero-order valence-corrected chi connectivity index (χ0v) is 14.6. The van der Waals surface area contributed by atoms with Gasteiger partial charge in [0.2, 0.25) is 0 Å². The average Bonchev–Trinajstić information content (AvgIpc) is 2.98. The van der Waals surface area contributed by atoms with Crippen molar-refractivity contribution in [2.45, 2.75) is 0 Å². The van der Waals surface area contributed by atoms with E-state index in [-0.39, 0.29) is 5.91 Å². The van der Waals surface area contributed by atoms with E-state index in [0.29, 0.717) is 12.4 Å². The molecule has 2 aliphatic rings. The van der Waals surface area contributed by atoms with E-state index >= 15 is 0 Å². The van der Waals surface area contributed by atoms with Crippen LogP contribution in [0.2, 0.25) is 0 Å². The number of hydrogen-bond acceptors (Lipinski definition) is 5. The first-order valence-corrected chi connectivity index (χ1v) is 8.92. The van der Waals surface area contributed by atoms with Crippen LogP contribution in [0.5, 0.6) is 5.75 Å². The Kier molecular flexibility index (Phi) is 4.19. The largest absolute Gasteiger partial charge is 0.497 e. The molecule has 25 heavy (non-hydrogen) atoms. The fourth-order valence-electron chi connectivity index (χ4n) is 2.77. The van der Waals surface area contributed by atoms with Crippen LogP contribution in [0.4, 0.5) is 5.69 Å². The first kappa shape index (κ1) is 15.8. The Morgan fingerprint density at radius 2 is 1.88 bits per heavy atom. The molecule has 0 unspecified atom stereocenters. The Morgan fingerprint density at radius 1 is 1.12 bits per heavy atom. The maximum atomic E-state index is 12.7. The summed E-state index contributed by atoms with van der Waals surface area (Å²) in [5, 5.41) is 0.775. The molecule has 0 N–H and O–H groups in total. The van der Waals surface area contributed by atoms with Gasteiger partial charge in [0.1, 0.15) is 18.1 Å². The van der Waals surface area contributed by atoms with Crippen molar-refractivity contribution in [2.24, 2.45) is 4.99 Å². The molecular formula is C19H17N3O2S. The van der Waals surface area contributed by atoms with Crippen LogP contribution in [-0.2, 0) is 4.79 Å². The molecule has 0 atom stereocenters. The van der Waals surface area contributed by atoms with E-state index in [0.717, 1.165) is 28.0 Å². The maximum Gasteiger partial charge on any atom is 0.280 e. The summed E-state index contributed by atoms with van der Waals surface area (Å²) in [6, 6.07) is 17.7. The van der Waals surface area contributed by atoms with Crippen LogP contribution < -0.4 is 9.64 Å². The van der Waals surface area contributed by atoms with Crippen molar-refractivity contribution in [1.29, 1.82) is 0 Å². The normalized spacial score (nSPS) is 18.4. The third kappa shape index (κ3) is 3.13. The summed E-state index contributed by atoms with van der Waals surface area (Å²) in [4.78, 5) is 21.1. The quantitative estimate of drug-likeness (QED) is 0.795. The molecule has 126 valence electrons. The fraction of sp³-hybridized carbons (Fsp3) is 0.158. The lowest BCUT2D eigenvalue weighted by atomic mass is 10.2. The van der Waals surface area contributed by atoms with Gasteiger partial charge < -0.3 is 9.64 Å². The lowest BCUT2D eigenvalue weighted by molar-refractivity contribution is -0.122. The number of para-hydroxylation sites is 1. The number of carbonyl (C=O) groups excluding carboxylic acids is 1. The van der Waals surface area contributed by atoms with E-state index in [1.54, 1.807) is 23.8 Å². The molecule has 0 saturated carbocycles. The number of ether oxygens (including phenoxy) is 1. The van der Waals surface area contributed by atoms with Gasteiger partial charge in [-0.1, -0.05) is 42.1 Å². The third-order valence-corrected chi connectivity index (χ3v) is 5.12. The van der Waals surface area contributed by atoms with Gasteiger partial charge in [0.05, 0.1) is 13.0 Å². The molecule has 5 nitrogen and oxygen atoms in total. The van der Waals surface area contributed by atoms with Gasteiger partial charge >= 0.3 is 0 Å². The van der Waals surface area contributed by atoms with Crippen molar-refractivity contribution in [1.82, 2.24) is 4.90 Å². The zero-order valence-electron chi connectivity index (χ0n) is 13.8.